The molecule has 138 valence electrons. The monoisotopic (exact) mass is 384 g/mol. The van der Waals surface area contributed by atoms with Crippen molar-refractivity contribution in [3.8, 4) is 17.2 Å². The first-order chi connectivity index (χ1) is 13.1. The lowest BCUT2D eigenvalue weighted by Gasteiger charge is -2.20. The van der Waals surface area contributed by atoms with E-state index in [1.54, 1.807) is 41.5 Å². The number of pyridine rings is 1. The van der Waals surface area contributed by atoms with Crippen molar-refractivity contribution in [3.63, 3.8) is 0 Å². The predicted molar refractivity (Wildman–Crippen MR) is 101 cm³/mol. The summed E-state index contributed by atoms with van der Waals surface area (Å²) in [6.45, 7) is 2.87. The summed E-state index contributed by atoms with van der Waals surface area (Å²) in [5, 5.41) is 7.61. The molecule has 0 unspecified atom stereocenters. The summed E-state index contributed by atoms with van der Waals surface area (Å²) in [5.41, 5.74) is 3.08. The van der Waals surface area contributed by atoms with E-state index in [4.69, 9.17) is 21.1 Å². The third kappa shape index (κ3) is 3.73. The molecule has 0 spiro atoms. The fraction of sp³-hybridized carbons (Fsp3) is 0.211. The van der Waals surface area contributed by atoms with Crippen LogP contribution >= 0.6 is 11.6 Å². The van der Waals surface area contributed by atoms with Gasteiger partial charge in [0.05, 0.1) is 35.2 Å². The van der Waals surface area contributed by atoms with Gasteiger partial charge >= 0.3 is 0 Å². The van der Waals surface area contributed by atoms with Crippen LogP contribution in [0, 0.1) is 6.92 Å². The molecule has 3 heterocycles. The van der Waals surface area contributed by atoms with Crippen LogP contribution in [0.5, 0.6) is 11.5 Å². The first-order valence-electron chi connectivity index (χ1n) is 8.43. The third-order valence-corrected chi connectivity index (χ3v) is 4.33. The second-order valence-electron chi connectivity index (χ2n) is 6.18. The maximum atomic E-state index is 12.6. The fourth-order valence-electron chi connectivity index (χ4n) is 2.87. The SMILES string of the molecule is Cc1cnn(-c2ccncc2NC(=O)Cc2cc(Cl)c3c(c2)OCCO3)c1. The number of carbonyl (C=O) groups is 1. The summed E-state index contributed by atoms with van der Waals surface area (Å²) in [6.07, 6.45) is 7.03. The molecule has 0 saturated carbocycles. The van der Waals surface area contributed by atoms with Gasteiger partial charge in [-0.25, -0.2) is 4.68 Å². The molecule has 0 aliphatic carbocycles. The van der Waals surface area contributed by atoms with Gasteiger partial charge in [-0.3, -0.25) is 9.78 Å². The molecule has 1 aliphatic rings. The number of aromatic nitrogens is 3. The minimum atomic E-state index is -0.194. The Morgan fingerprint density at radius 2 is 2.15 bits per heavy atom. The van der Waals surface area contributed by atoms with Gasteiger partial charge in [0, 0.05) is 12.4 Å². The quantitative estimate of drug-likeness (QED) is 0.747. The zero-order chi connectivity index (χ0) is 18.8. The van der Waals surface area contributed by atoms with Crippen molar-refractivity contribution in [2.75, 3.05) is 18.5 Å². The Hall–Kier alpha value is -3.06. The van der Waals surface area contributed by atoms with Crippen LogP contribution in [0.15, 0.2) is 43.0 Å². The van der Waals surface area contributed by atoms with Gasteiger partial charge in [-0.05, 0) is 36.2 Å². The van der Waals surface area contributed by atoms with Gasteiger partial charge in [-0.1, -0.05) is 11.6 Å². The van der Waals surface area contributed by atoms with Crippen molar-refractivity contribution in [2.45, 2.75) is 13.3 Å². The van der Waals surface area contributed by atoms with E-state index in [-0.39, 0.29) is 12.3 Å². The number of ether oxygens (including phenoxy) is 2. The lowest BCUT2D eigenvalue weighted by Crippen LogP contribution is -2.18. The second-order valence-corrected chi connectivity index (χ2v) is 6.59. The zero-order valence-electron chi connectivity index (χ0n) is 14.6. The van der Waals surface area contributed by atoms with E-state index in [0.717, 1.165) is 16.8 Å². The Balaban J connectivity index is 1.53. The summed E-state index contributed by atoms with van der Waals surface area (Å²) >= 11 is 6.24. The molecule has 1 amide bonds. The Morgan fingerprint density at radius 3 is 2.96 bits per heavy atom. The number of aryl methyl sites for hydroxylation is 1. The molecule has 27 heavy (non-hydrogen) atoms. The van der Waals surface area contributed by atoms with Crippen LogP contribution in [0.25, 0.3) is 5.69 Å². The Kier molecular flexibility index (Phi) is 4.68. The lowest BCUT2D eigenvalue weighted by molar-refractivity contribution is -0.115. The maximum Gasteiger partial charge on any atom is 0.228 e. The number of halogens is 1. The van der Waals surface area contributed by atoms with Gasteiger partial charge in [-0.2, -0.15) is 5.10 Å². The topological polar surface area (TPSA) is 78.3 Å². The number of nitrogens with one attached hydrogen (secondary N) is 1. The summed E-state index contributed by atoms with van der Waals surface area (Å²) < 4.78 is 12.8. The summed E-state index contributed by atoms with van der Waals surface area (Å²) in [5.74, 6) is 0.891. The normalized spacial score (nSPS) is 12.7. The van der Waals surface area contributed by atoms with Crippen molar-refractivity contribution in [1.82, 2.24) is 14.8 Å². The fourth-order valence-corrected chi connectivity index (χ4v) is 3.16. The average Bonchev–Trinajstić information content (AvgIpc) is 3.08. The van der Waals surface area contributed by atoms with E-state index in [0.29, 0.717) is 35.4 Å². The van der Waals surface area contributed by atoms with Crippen LogP contribution in [-0.4, -0.2) is 33.9 Å². The van der Waals surface area contributed by atoms with Crippen LogP contribution < -0.4 is 14.8 Å². The highest BCUT2D eigenvalue weighted by molar-refractivity contribution is 6.32. The number of amides is 1. The van der Waals surface area contributed by atoms with E-state index >= 15 is 0 Å². The molecule has 2 aromatic heterocycles. The number of nitrogens with zero attached hydrogens (tertiary/aromatic N) is 3. The minimum Gasteiger partial charge on any atom is -0.486 e. The number of rotatable bonds is 4. The van der Waals surface area contributed by atoms with Gasteiger partial charge in [0.15, 0.2) is 11.5 Å². The molecular formula is C19H17ClN4O3. The van der Waals surface area contributed by atoms with E-state index in [1.807, 2.05) is 13.1 Å². The number of carbonyl (C=O) groups excluding carboxylic acids is 1. The lowest BCUT2D eigenvalue weighted by atomic mass is 10.1. The van der Waals surface area contributed by atoms with E-state index < -0.39 is 0 Å². The Morgan fingerprint density at radius 1 is 1.30 bits per heavy atom. The highest BCUT2D eigenvalue weighted by Crippen LogP contribution is 2.38. The molecule has 3 aromatic rings. The maximum absolute atomic E-state index is 12.6. The standard InChI is InChI=1S/C19H17ClN4O3/c1-12-9-22-24(11-12)16-2-3-21-10-15(16)23-18(25)8-13-6-14(20)19-17(7-13)26-4-5-27-19/h2-3,6-7,9-11H,4-5,8H2,1H3,(H,23,25). The average molecular weight is 385 g/mol. The molecule has 7 nitrogen and oxygen atoms in total. The molecule has 1 N–H and O–H groups in total. The van der Waals surface area contributed by atoms with E-state index in [9.17, 15) is 4.79 Å². The molecule has 4 rings (SSSR count). The smallest absolute Gasteiger partial charge is 0.228 e. The highest BCUT2D eigenvalue weighted by Gasteiger charge is 2.18. The van der Waals surface area contributed by atoms with Gasteiger partial charge in [0.25, 0.3) is 0 Å². The molecule has 0 fully saturated rings. The molecule has 8 heteroatoms. The predicted octanol–water partition coefficient (Wildman–Crippen LogP) is 3.18. The summed E-state index contributed by atoms with van der Waals surface area (Å²) in [4.78, 5) is 16.7. The van der Waals surface area contributed by atoms with Gasteiger partial charge in [0.1, 0.15) is 13.2 Å². The van der Waals surface area contributed by atoms with E-state index in [1.165, 1.54) is 0 Å². The second kappa shape index (κ2) is 7.28. The van der Waals surface area contributed by atoms with Crippen molar-refractivity contribution in [1.29, 1.82) is 0 Å². The van der Waals surface area contributed by atoms with Crippen molar-refractivity contribution in [2.24, 2.45) is 0 Å². The minimum absolute atomic E-state index is 0.142. The molecule has 0 bridgehead atoms. The number of fused-ring (bicyclic) bond motifs is 1. The zero-order valence-corrected chi connectivity index (χ0v) is 15.4. The van der Waals surface area contributed by atoms with Crippen LogP contribution in [0.3, 0.4) is 0 Å². The Labute approximate surface area is 160 Å². The first-order valence-corrected chi connectivity index (χ1v) is 8.81. The van der Waals surface area contributed by atoms with Crippen molar-refractivity contribution in [3.05, 3.63) is 59.1 Å². The van der Waals surface area contributed by atoms with Crippen LogP contribution in [0.1, 0.15) is 11.1 Å². The van der Waals surface area contributed by atoms with Crippen LogP contribution in [0.2, 0.25) is 5.02 Å². The molecular weight excluding hydrogens is 368 g/mol. The van der Waals surface area contributed by atoms with Crippen molar-refractivity contribution < 1.29 is 14.3 Å². The molecule has 1 aromatic carbocycles. The Bertz CT molecular complexity index is 1000. The van der Waals surface area contributed by atoms with Crippen LogP contribution in [0.4, 0.5) is 5.69 Å². The third-order valence-electron chi connectivity index (χ3n) is 4.05. The number of hydrogen-bond acceptors (Lipinski definition) is 5. The summed E-state index contributed by atoms with van der Waals surface area (Å²) in [7, 11) is 0. The largest absolute Gasteiger partial charge is 0.486 e. The van der Waals surface area contributed by atoms with E-state index in [2.05, 4.69) is 15.4 Å². The van der Waals surface area contributed by atoms with Gasteiger partial charge in [0.2, 0.25) is 5.91 Å². The van der Waals surface area contributed by atoms with Crippen LogP contribution in [-0.2, 0) is 11.2 Å². The van der Waals surface area contributed by atoms with Crippen molar-refractivity contribution >= 4 is 23.2 Å². The number of anilines is 1. The molecule has 0 atom stereocenters. The van der Waals surface area contributed by atoms with Gasteiger partial charge in [-0.15, -0.1) is 0 Å². The molecule has 0 radical (unpaired) electrons. The molecule has 1 aliphatic heterocycles. The highest BCUT2D eigenvalue weighted by atomic mass is 35.5. The molecule has 0 saturated heterocycles. The first kappa shape index (κ1) is 17.4. The van der Waals surface area contributed by atoms with Gasteiger partial charge < -0.3 is 14.8 Å². The number of hydrogen-bond donors (Lipinski definition) is 1. The summed E-state index contributed by atoms with van der Waals surface area (Å²) in [6, 6.07) is 5.29. The number of benzene rings is 1.